The Bertz CT molecular complexity index is 823. The van der Waals surface area contributed by atoms with Crippen LogP contribution in [0.25, 0.3) is 0 Å². The summed E-state index contributed by atoms with van der Waals surface area (Å²) in [5, 5.41) is 2.85. The molecule has 6 nitrogen and oxygen atoms in total. The van der Waals surface area contributed by atoms with Gasteiger partial charge in [0.2, 0.25) is 5.91 Å². The zero-order chi connectivity index (χ0) is 18.7. The summed E-state index contributed by atoms with van der Waals surface area (Å²) in [7, 11) is 3.02. The summed E-state index contributed by atoms with van der Waals surface area (Å²) in [4.78, 5) is 26.2. The SMILES string of the molecule is COc1ccc(C(=O)N[C@H]2CC(=O)N(c3ccc(F)cc3)C2)cc1OC. The number of anilines is 1. The zero-order valence-electron chi connectivity index (χ0n) is 14.5. The normalized spacial score (nSPS) is 16.5. The van der Waals surface area contributed by atoms with Crippen LogP contribution in [0, 0.1) is 5.82 Å². The fourth-order valence-electron chi connectivity index (χ4n) is 2.92. The number of amides is 2. The number of carbonyl (C=O) groups is 2. The highest BCUT2D eigenvalue weighted by Gasteiger charge is 2.31. The maximum absolute atomic E-state index is 13.0. The Morgan fingerprint density at radius 1 is 1.12 bits per heavy atom. The molecule has 0 unspecified atom stereocenters. The molecule has 0 radical (unpaired) electrons. The summed E-state index contributed by atoms with van der Waals surface area (Å²) >= 11 is 0. The van der Waals surface area contributed by atoms with Gasteiger partial charge in [0.15, 0.2) is 11.5 Å². The number of nitrogens with one attached hydrogen (secondary N) is 1. The number of benzene rings is 2. The Hall–Kier alpha value is -3.09. The van der Waals surface area contributed by atoms with Gasteiger partial charge in [-0.05, 0) is 42.5 Å². The fraction of sp³-hybridized carbons (Fsp3) is 0.263. The second-order valence-corrected chi connectivity index (χ2v) is 5.93. The zero-order valence-corrected chi connectivity index (χ0v) is 14.5. The molecule has 0 aromatic heterocycles. The molecule has 0 spiro atoms. The van der Waals surface area contributed by atoms with Gasteiger partial charge in [-0.15, -0.1) is 0 Å². The van der Waals surface area contributed by atoms with Gasteiger partial charge in [0.25, 0.3) is 5.91 Å². The van der Waals surface area contributed by atoms with E-state index in [0.717, 1.165) is 0 Å². The van der Waals surface area contributed by atoms with Gasteiger partial charge in [0.05, 0.1) is 20.3 Å². The van der Waals surface area contributed by atoms with Gasteiger partial charge in [-0.25, -0.2) is 4.39 Å². The van der Waals surface area contributed by atoms with Crippen molar-refractivity contribution in [3.8, 4) is 11.5 Å². The van der Waals surface area contributed by atoms with E-state index >= 15 is 0 Å². The predicted molar refractivity (Wildman–Crippen MR) is 94.2 cm³/mol. The summed E-state index contributed by atoms with van der Waals surface area (Å²) < 4.78 is 23.4. The maximum atomic E-state index is 13.0. The van der Waals surface area contributed by atoms with Crippen LogP contribution >= 0.6 is 0 Å². The minimum Gasteiger partial charge on any atom is -0.493 e. The third-order valence-electron chi connectivity index (χ3n) is 4.24. The molecular weight excluding hydrogens is 339 g/mol. The third kappa shape index (κ3) is 3.61. The standard InChI is InChI=1S/C19H19FN2O4/c1-25-16-8-3-12(9-17(16)26-2)19(24)21-14-10-18(23)22(11-14)15-6-4-13(20)5-7-15/h3-9,14H,10-11H2,1-2H3,(H,21,24)/t14-/m0/s1. The van der Waals surface area contributed by atoms with Crippen molar-refractivity contribution in [1.29, 1.82) is 0 Å². The Morgan fingerprint density at radius 3 is 2.46 bits per heavy atom. The molecule has 3 rings (SSSR count). The minimum atomic E-state index is -0.362. The van der Waals surface area contributed by atoms with Crippen molar-refractivity contribution in [2.45, 2.75) is 12.5 Å². The highest BCUT2D eigenvalue weighted by Crippen LogP contribution is 2.28. The number of rotatable bonds is 5. The van der Waals surface area contributed by atoms with Crippen LogP contribution in [0.4, 0.5) is 10.1 Å². The van der Waals surface area contributed by atoms with Crippen LogP contribution < -0.4 is 19.7 Å². The van der Waals surface area contributed by atoms with Crippen LogP contribution in [0.15, 0.2) is 42.5 Å². The number of methoxy groups -OCH3 is 2. The lowest BCUT2D eigenvalue weighted by atomic mass is 10.1. The van der Waals surface area contributed by atoms with Gasteiger partial charge in [0.1, 0.15) is 5.82 Å². The molecule has 0 bridgehead atoms. The molecule has 1 aliphatic rings. The number of hydrogen-bond acceptors (Lipinski definition) is 4. The molecule has 1 aliphatic heterocycles. The van der Waals surface area contributed by atoms with Crippen LogP contribution in [0.3, 0.4) is 0 Å². The molecule has 26 heavy (non-hydrogen) atoms. The van der Waals surface area contributed by atoms with Crippen molar-refractivity contribution in [3.63, 3.8) is 0 Å². The van der Waals surface area contributed by atoms with E-state index in [1.165, 1.54) is 26.4 Å². The largest absolute Gasteiger partial charge is 0.493 e. The van der Waals surface area contributed by atoms with Gasteiger partial charge in [-0.2, -0.15) is 0 Å². The molecule has 2 aromatic carbocycles. The van der Waals surface area contributed by atoms with Crippen LogP contribution in [0.2, 0.25) is 0 Å². The first-order chi connectivity index (χ1) is 12.5. The molecule has 2 aromatic rings. The van der Waals surface area contributed by atoms with Crippen molar-refractivity contribution in [1.82, 2.24) is 5.32 Å². The van der Waals surface area contributed by atoms with Gasteiger partial charge in [-0.3, -0.25) is 9.59 Å². The Labute approximate surface area is 150 Å². The first kappa shape index (κ1) is 17.7. The molecule has 1 N–H and O–H groups in total. The highest BCUT2D eigenvalue weighted by molar-refractivity contribution is 5.99. The van der Waals surface area contributed by atoms with Crippen molar-refractivity contribution >= 4 is 17.5 Å². The van der Waals surface area contributed by atoms with Crippen molar-refractivity contribution < 1.29 is 23.5 Å². The number of nitrogens with zero attached hydrogens (tertiary/aromatic N) is 1. The third-order valence-corrected chi connectivity index (χ3v) is 4.24. The van der Waals surface area contributed by atoms with E-state index in [2.05, 4.69) is 5.32 Å². The second kappa shape index (κ2) is 7.43. The summed E-state index contributed by atoms with van der Waals surface area (Å²) in [6, 6.07) is 10.2. The second-order valence-electron chi connectivity index (χ2n) is 5.93. The van der Waals surface area contributed by atoms with Gasteiger partial charge >= 0.3 is 0 Å². The van der Waals surface area contributed by atoms with E-state index < -0.39 is 0 Å². The fourth-order valence-corrected chi connectivity index (χ4v) is 2.92. The predicted octanol–water partition coefficient (Wildman–Crippen LogP) is 2.38. The van der Waals surface area contributed by atoms with Crippen molar-refractivity contribution in [2.24, 2.45) is 0 Å². The number of carbonyl (C=O) groups excluding carboxylic acids is 2. The lowest BCUT2D eigenvalue weighted by Crippen LogP contribution is -2.37. The quantitative estimate of drug-likeness (QED) is 0.891. The van der Waals surface area contributed by atoms with Gasteiger partial charge in [-0.1, -0.05) is 0 Å². The molecule has 2 amide bonds. The number of halogens is 1. The highest BCUT2D eigenvalue weighted by atomic mass is 19.1. The van der Waals surface area contributed by atoms with Crippen LogP contribution in [-0.4, -0.2) is 38.6 Å². The Morgan fingerprint density at radius 2 is 1.81 bits per heavy atom. The molecule has 1 fully saturated rings. The van der Waals surface area contributed by atoms with Crippen molar-refractivity contribution in [2.75, 3.05) is 25.7 Å². The number of hydrogen-bond donors (Lipinski definition) is 1. The lowest BCUT2D eigenvalue weighted by Gasteiger charge is -2.17. The summed E-state index contributed by atoms with van der Waals surface area (Å²) in [5.74, 6) is 0.204. The molecule has 7 heteroatoms. The monoisotopic (exact) mass is 358 g/mol. The van der Waals surface area contributed by atoms with Crippen LogP contribution in [0.5, 0.6) is 11.5 Å². The molecule has 1 saturated heterocycles. The van der Waals surface area contributed by atoms with E-state index in [1.54, 1.807) is 35.2 Å². The summed E-state index contributed by atoms with van der Waals surface area (Å²) in [6.45, 7) is 0.337. The Kier molecular flexibility index (Phi) is 5.06. The van der Waals surface area contributed by atoms with E-state index in [1.807, 2.05) is 0 Å². The van der Waals surface area contributed by atoms with Crippen LogP contribution in [-0.2, 0) is 4.79 Å². The summed E-state index contributed by atoms with van der Waals surface area (Å²) in [5.41, 5.74) is 1.02. The Balaban J connectivity index is 1.69. The molecule has 136 valence electrons. The van der Waals surface area contributed by atoms with Crippen molar-refractivity contribution in [3.05, 3.63) is 53.8 Å². The van der Waals surface area contributed by atoms with Crippen LogP contribution in [0.1, 0.15) is 16.8 Å². The molecule has 1 heterocycles. The lowest BCUT2D eigenvalue weighted by molar-refractivity contribution is -0.117. The van der Waals surface area contributed by atoms with Gasteiger partial charge < -0.3 is 19.7 Å². The van der Waals surface area contributed by atoms with E-state index in [-0.39, 0.29) is 30.1 Å². The number of ether oxygens (including phenoxy) is 2. The molecule has 0 saturated carbocycles. The van der Waals surface area contributed by atoms with E-state index in [0.29, 0.717) is 29.3 Å². The average Bonchev–Trinajstić information content (AvgIpc) is 3.01. The summed E-state index contributed by atoms with van der Waals surface area (Å²) in [6.07, 6.45) is 0.191. The first-order valence-corrected chi connectivity index (χ1v) is 8.10. The molecular formula is C19H19FN2O4. The minimum absolute atomic E-state index is 0.116. The first-order valence-electron chi connectivity index (χ1n) is 8.10. The smallest absolute Gasteiger partial charge is 0.251 e. The van der Waals surface area contributed by atoms with Gasteiger partial charge in [0, 0.05) is 24.2 Å². The topological polar surface area (TPSA) is 67.9 Å². The molecule has 0 aliphatic carbocycles. The van der Waals surface area contributed by atoms with E-state index in [9.17, 15) is 14.0 Å². The van der Waals surface area contributed by atoms with E-state index in [4.69, 9.17) is 9.47 Å². The maximum Gasteiger partial charge on any atom is 0.251 e. The molecule has 1 atom stereocenters. The average molecular weight is 358 g/mol.